The van der Waals surface area contributed by atoms with Gasteiger partial charge in [-0.05, 0) is 38.5 Å². The summed E-state index contributed by atoms with van der Waals surface area (Å²) in [6.07, 6.45) is 33.9. The summed E-state index contributed by atoms with van der Waals surface area (Å²) in [6.45, 7) is 3.83. The number of unbranched alkanes of at least 4 members (excludes halogenated alkanes) is 32. The van der Waals surface area contributed by atoms with Crippen LogP contribution in [-0.4, -0.2) is 108 Å². The molecule has 0 aliphatic heterocycles. The number of hydrogen-bond donors (Lipinski definition) is 9. The number of aliphatic hydroxyl groups is 7. The van der Waals surface area contributed by atoms with Gasteiger partial charge in [0, 0.05) is 0 Å². The zero-order valence-electron chi connectivity index (χ0n) is 42.6. The van der Waals surface area contributed by atoms with E-state index in [1.165, 1.54) is 148 Å². The van der Waals surface area contributed by atoms with Gasteiger partial charge in [0.15, 0.2) is 0 Å². The van der Waals surface area contributed by atoms with Gasteiger partial charge in [-0.1, -0.05) is 225 Å². The van der Waals surface area contributed by atoms with Crippen LogP contribution in [0.1, 0.15) is 258 Å². The van der Waals surface area contributed by atoms with Crippen molar-refractivity contribution in [3.05, 3.63) is 12.2 Å². The number of carbonyl (C=O) groups is 1. The third-order valence-electron chi connectivity index (χ3n) is 13.6. The molecular formula is C53H104NO12P. The Bertz CT molecular complexity index is 1200. The van der Waals surface area contributed by atoms with Crippen LogP contribution in [0.2, 0.25) is 0 Å². The molecule has 398 valence electrons. The Morgan fingerprint density at radius 1 is 0.507 bits per heavy atom. The molecule has 8 unspecified atom stereocenters. The number of phosphoric acid groups is 1. The van der Waals surface area contributed by atoms with Crippen molar-refractivity contribution in [2.75, 3.05) is 6.61 Å². The van der Waals surface area contributed by atoms with E-state index < -0.39 is 75.2 Å². The minimum atomic E-state index is -5.12. The van der Waals surface area contributed by atoms with E-state index in [1.807, 2.05) is 0 Å². The maximum Gasteiger partial charge on any atom is 0.472 e. The molecule has 1 aliphatic carbocycles. The molecular weight excluding hydrogens is 874 g/mol. The SMILES string of the molecule is CCCCCCCCCCCC/C=C\CCCCCCCC(O)CC(=O)NC(COP(=O)(O)OC1C(O)C(O)C(O)C(O)C1O)C(O)CCCCCCCCCCCCCCCCCCCC. The largest absolute Gasteiger partial charge is 0.472 e. The van der Waals surface area contributed by atoms with E-state index in [9.17, 15) is 50.0 Å². The fourth-order valence-corrected chi connectivity index (χ4v) is 10.1. The van der Waals surface area contributed by atoms with E-state index in [-0.39, 0.29) is 12.8 Å². The van der Waals surface area contributed by atoms with Gasteiger partial charge < -0.3 is 46.0 Å². The summed E-state index contributed by atoms with van der Waals surface area (Å²) in [6, 6.07) is -1.15. The van der Waals surface area contributed by atoms with Gasteiger partial charge in [-0.3, -0.25) is 13.8 Å². The first-order valence-corrected chi connectivity index (χ1v) is 29.2. The minimum Gasteiger partial charge on any atom is -0.393 e. The molecule has 67 heavy (non-hydrogen) atoms. The number of aliphatic hydroxyl groups excluding tert-OH is 7. The smallest absolute Gasteiger partial charge is 0.393 e. The first-order valence-electron chi connectivity index (χ1n) is 27.7. The summed E-state index contributed by atoms with van der Waals surface area (Å²) in [5.41, 5.74) is 0. The molecule has 0 aromatic carbocycles. The van der Waals surface area contributed by atoms with E-state index in [4.69, 9.17) is 9.05 Å². The summed E-state index contributed by atoms with van der Waals surface area (Å²) in [5, 5.41) is 75.0. The lowest BCUT2D eigenvalue weighted by Gasteiger charge is -2.41. The molecule has 0 bridgehead atoms. The molecule has 1 fully saturated rings. The van der Waals surface area contributed by atoms with Crippen molar-refractivity contribution in [3.63, 3.8) is 0 Å². The topological polar surface area (TPSA) is 226 Å². The molecule has 8 atom stereocenters. The van der Waals surface area contributed by atoms with Crippen molar-refractivity contribution in [1.82, 2.24) is 5.32 Å². The molecule has 1 aliphatic rings. The third-order valence-corrected chi connectivity index (χ3v) is 14.6. The van der Waals surface area contributed by atoms with Gasteiger partial charge in [0.05, 0.1) is 31.3 Å². The second-order valence-corrected chi connectivity index (χ2v) is 21.4. The zero-order chi connectivity index (χ0) is 49.4. The fraction of sp³-hybridized carbons (Fsp3) is 0.943. The van der Waals surface area contributed by atoms with Gasteiger partial charge in [-0.2, -0.15) is 0 Å². The number of hydrogen-bond acceptors (Lipinski definition) is 11. The van der Waals surface area contributed by atoms with Crippen molar-refractivity contribution in [1.29, 1.82) is 0 Å². The Kier molecular flexibility index (Phi) is 40.8. The maximum absolute atomic E-state index is 13.1. The van der Waals surface area contributed by atoms with Gasteiger partial charge in [0.25, 0.3) is 0 Å². The maximum atomic E-state index is 13.1. The summed E-state index contributed by atoms with van der Waals surface area (Å²) in [7, 11) is -5.12. The van der Waals surface area contributed by atoms with Crippen LogP contribution in [0.5, 0.6) is 0 Å². The normalized spacial score (nSPS) is 22.2. The molecule has 0 aromatic rings. The molecule has 0 spiro atoms. The third kappa shape index (κ3) is 34.1. The molecule has 0 saturated heterocycles. The van der Waals surface area contributed by atoms with Crippen LogP contribution >= 0.6 is 7.82 Å². The lowest BCUT2D eigenvalue weighted by atomic mass is 9.85. The van der Waals surface area contributed by atoms with Crippen LogP contribution in [0.15, 0.2) is 12.2 Å². The highest BCUT2D eigenvalue weighted by Gasteiger charge is 2.51. The Morgan fingerprint density at radius 2 is 0.836 bits per heavy atom. The fourth-order valence-electron chi connectivity index (χ4n) is 9.13. The van der Waals surface area contributed by atoms with Gasteiger partial charge in [-0.25, -0.2) is 4.57 Å². The van der Waals surface area contributed by atoms with Crippen molar-refractivity contribution in [3.8, 4) is 0 Å². The predicted octanol–water partition coefficient (Wildman–Crippen LogP) is 10.9. The first-order chi connectivity index (χ1) is 32.3. The number of allylic oxidation sites excluding steroid dienone is 2. The van der Waals surface area contributed by atoms with Crippen LogP contribution in [-0.2, 0) is 18.4 Å². The number of rotatable bonds is 47. The molecule has 0 aromatic heterocycles. The molecule has 1 rings (SSSR count). The van der Waals surface area contributed by atoms with Gasteiger partial charge in [0.2, 0.25) is 5.91 Å². The quantitative estimate of drug-likeness (QED) is 0.0158. The number of phosphoric ester groups is 1. The molecule has 13 nitrogen and oxygen atoms in total. The zero-order valence-corrected chi connectivity index (χ0v) is 43.5. The summed E-state index contributed by atoms with van der Waals surface area (Å²) in [5.74, 6) is -0.561. The lowest BCUT2D eigenvalue weighted by Crippen LogP contribution is -2.64. The van der Waals surface area contributed by atoms with Gasteiger partial charge >= 0.3 is 7.82 Å². The lowest BCUT2D eigenvalue weighted by molar-refractivity contribution is -0.220. The van der Waals surface area contributed by atoms with E-state index in [0.717, 1.165) is 70.6 Å². The van der Waals surface area contributed by atoms with Crippen LogP contribution in [0, 0.1) is 0 Å². The van der Waals surface area contributed by atoms with Crippen molar-refractivity contribution < 1.29 is 59.0 Å². The standard InChI is InChI=1S/C53H104NO12P/c1-3-5-7-9-11-13-15-17-19-21-23-24-26-28-30-32-34-36-38-40-44(55)42-47(57)54-45(43-65-67(63,64)66-53-51(61)49(59)48(58)50(60)52(53)62)46(56)41-39-37-35-33-31-29-27-25-22-20-18-16-14-12-10-8-6-4-2/h24,26,44-46,48-53,55-56,58-62H,3-23,25,27-43H2,1-2H3,(H,54,57)(H,63,64)/b26-24-. The van der Waals surface area contributed by atoms with E-state index >= 15 is 0 Å². The Balaban J connectivity index is 2.42. The van der Waals surface area contributed by atoms with Crippen molar-refractivity contribution >= 4 is 13.7 Å². The number of nitrogens with one attached hydrogen (secondary N) is 1. The van der Waals surface area contributed by atoms with E-state index in [1.54, 1.807) is 0 Å². The summed E-state index contributed by atoms with van der Waals surface area (Å²) >= 11 is 0. The highest BCUT2D eigenvalue weighted by atomic mass is 31.2. The molecule has 9 N–H and O–H groups in total. The van der Waals surface area contributed by atoms with Crippen LogP contribution in [0.3, 0.4) is 0 Å². The highest BCUT2D eigenvalue weighted by Crippen LogP contribution is 2.47. The Labute approximate surface area is 408 Å². The van der Waals surface area contributed by atoms with E-state index in [0.29, 0.717) is 12.8 Å². The van der Waals surface area contributed by atoms with Crippen molar-refractivity contribution in [2.24, 2.45) is 0 Å². The van der Waals surface area contributed by atoms with Crippen LogP contribution < -0.4 is 5.32 Å². The monoisotopic (exact) mass is 978 g/mol. The van der Waals surface area contributed by atoms with Gasteiger partial charge in [0.1, 0.15) is 36.6 Å². The van der Waals surface area contributed by atoms with Crippen molar-refractivity contribution in [2.45, 2.75) is 313 Å². The van der Waals surface area contributed by atoms with Crippen LogP contribution in [0.4, 0.5) is 0 Å². The van der Waals surface area contributed by atoms with Crippen LogP contribution in [0.25, 0.3) is 0 Å². The molecule has 0 heterocycles. The summed E-state index contributed by atoms with van der Waals surface area (Å²) in [4.78, 5) is 23.6. The van der Waals surface area contributed by atoms with Gasteiger partial charge in [-0.15, -0.1) is 0 Å². The average Bonchev–Trinajstić information content (AvgIpc) is 3.30. The molecule has 14 heteroatoms. The summed E-state index contributed by atoms with van der Waals surface area (Å²) < 4.78 is 23.0. The molecule has 0 radical (unpaired) electrons. The minimum absolute atomic E-state index is 0.224. The second kappa shape index (κ2) is 42.7. The number of carbonyl (C=O) groups excluding carboxylic acids is 1. The number of amides is 1. The molecule has 1 saturated carbocycles. The highest BCUT2D eigenvalue weighted by molar-refractivity contribution is 7.47. The predicted molar refractivity (Wildman–Crippen MR) is 271 cm³/mol. The Hall–Kier alpha value is -0.960. The van der Waals surface area contributed by atoms with E-state index in [2.05, 4.69) is 31.3 Å². The Morgan fingerprint density at radius 3 is 1.22 bits per heavy atom. The molecule has 1 amide bonds. The first kappa shape index (κ1) is 64.1. The average molecular weight is 978 g/mol. The second-order valence-electron chi connectivity index (χ2n) is 20.0.